The van der Waals surface area contributed by atoms with Crippen molar-refractivity contribution >= 4 is 34.1 Å². The standard InChI is InChI=1S/C18H14N2O2/c21-10-11-5-6-16-14(7-11)12(9-19-16)8-15-13-3-1-2-4-17(13)20-18(15)22/h1-9,19,21H,10H2,(H,20,22). The van der Waals surface area contributed by atoms with E-state index in [0.717, 1.165) is 33.3 Å². The third-order valence-corrected chi connectivity index (χ3v) is 3.97. The predicted octanol–water partition coefficient (Wildman–Crippen LogP) is 3.15. The summed E-state index contributed by atoms with van der Waals surface area (Å²) in [5.74, 6) is -0.0890. The Bertz CT molecular complexity index is 922. The molecule has 1 aliphatic heterocycles. The molecule has 0 radical (unpaired) electrons. The number of aliphatic hydroxyl groups excluding tert-OH is 1. The molecule has 4 heteroatoms. The smallest absolute Gasteiger partial charge is 0.256 e. The van der Waals surface area contributed by atoms with Crippen molar-refractivity contribution in [3.05, 3.63) is 65.4 Å². The van der Waals surface area contributed by atoms with Crippen LogP contribution in [0.15, 0.2) is 48.7 Å². The van der Waals surface area contributed by atoms with Gasteiger partial charge in [-0.05, 0) is 29.8 Å². The molecule has 1 aromatic heterocycles. The summed E-state index contributed by atoms with van der Waals surface area (Å²) in [5.41, 5.74) is 5.19. The van der Waals surface area contributed by atoms with Crippen molar-refractivity contribution < 1.29 is 9.90 Å². The van der Waals surface area contributed by atoms with Gasteiger partial charge in [-0.2, -0.15) is 0 Å². The fraction of sp³-hybridized carbons (Fsp3) is 0.0556. The van der Waals surface area contributed by atoms with Crippen LogP contribution in [0.5, 0.6) is 0 Å². The van der Waals surface area contributed by atoms with Crippen LogP contribution < -0.4 is 5.32 Å². The molecule has 0 saturated heterocycles. The zero-order valence-electron chi connectivity index (χ0n) is 11.8. The lowest BCUT2D eigenvalue weighted by Gasteiger charge is -1.99. The molecule has 2 heterocycles. The first-order valence-corrected chi connectivity index (χ1v) is 7.09. The maximum absolute atomic E-state index is 12.2. The van der Waals surface area contributed by atoms with Crippen molar-refractivity contribution in [3.8, 4) is 0 Å². The average Bonchev–Trinajstić information content (AvgIpc) is 3.09. The number of hydrogen-bond donors (Lipinski definition) is 3. The summed E-state index contributed by atoms with van der Waals surface area (Å²) < 4.78 is 0. The summed E-state index contributed by atoms with van der Waals surface area (Å²) in [5, 5.41) is 13.2. The molecule has 2 aromatic carbocycles. The number of anilines is 1. The Labute approximate surface area is 127 Å². The van der Waals surface area contributed by atoms with Crippen molar-refractivity contribution in [3.63, 3.8) is 0 Å². The summed E-state index contributed by atoms with van der Waals surface area (Å²) >= 11 is 0. The minimum Gasteiger partial charge on any atom is -0.392 e. The van der Waals surface area contributed by atoms with E-state index in [-0.39, 0.29) is 12.5 Å². The van der Waals surface area contributed by atoms with E-state index in [9.17, 15) is 9.90 Å². The van der Waals surface area contributed by atoms with Gasteiger partial charge in [-0.15, -0.1) is 0 Å². The predicted molar refractivity (Wildman–Crippen MR) is 87.2 cm³/mol. The number of fused-ring (bicyclic) bond motifs is 2. The van der Waals surface area contributed by atoms with Crippen LogP contribution in [0.3, 0.4) is 0 Å². The number of aromatic amines is 1. The highest BCUT2D eigenvalue weighted by atomic mass is 16.3. The van der Waals surface area contributed by atoms with Crippen LogP contribution in [0.2, 0.25) is 0 Å². The van der Waals surface area contributed by atoms with E-state index in [1.54, 1.807) is 0 Å². The van der Waals surface area contributed by atoms with Crippen molar-refractivity contribution in [2.45, 2.75) is 6.61 Å². The Kier molecular flexibility index (Phi) is 2.84. The highest BCUT2D eigenvalue weighted by molar-refractivity contribution is 6.35. The second kappa shape index (κ2) is 4.86. The van der Waals surface area contributed by atoms with Crippen LogP contribution in [-0.2, 0) is 11.4 Å². The van der Waals surface area contributed by atoms with Gasteiger partial charge in [0, 0.05) is 39.5 Å². The van der Waals surface area contributed by atoms with E-state index >= 15 is 0 Å². The fourth-order valence-corrected chi connectivity index (χ4v) is 2.84. The average molecular weight is 290 g/mol. The number of rotatable bonds is 2. The third kappa shape index (κ3) is 1.93. The van der Waals surface area contributed by atoms with Crippen molar-refractivity contribution in [1.29, 1.82) is 0 Å². The van der Waals surface area contributed by atoms with E-state index in [1.165, 1.54) is 0 Å². The normalized spacial score (nSPS) is 15.3. The van der Waals surface area contributed by atoms with Crippen LogP contribution in [0, 0.1) is 0 Å². The lowest BCUT2D eigenvalue weighted by atomic mass is 10.0. The van der Waals surface area contributed by atoms with Gasteiger partial charge in [0.1, 0.15) is 0 Å². The maximum atomic E-state index is 12.2. The number of para-hydroxylation sites is 1. The van der Waals surface area contributed by atoms with Crippen molar-refractivity contribution in [1.82, 2.24) is 4.98 Å². The minimum atomic E-state index is -0.0890. The van der Waals surface area contributed by atoms with Crippen LogP contribution in [-0.4, -0.2) is 16.0 Å². The van der Waals surface area contributed by atoms with Gasteiger partial charge < -0.3 is 15.4 Å². The van der Waals surface area contributed by atoms with E-state index in [0.29, 0.717) is 5.57 Å². The van der Waals surface area contributed by atoms with Gasteiger partial charge in [0.2, 0.25) is 0 Å². The summed E-state index contributed by atoms with van der Waals surface area (Å²) in [6, 6.07) is 13.4. The SMILES string of the molecule is O=C1Nc2ccccc2C1=Cc1c[nH]c2ccc(CO)cc12. The molecule has 0 aliphatic carbocycles. The van der Waals surface area contributed by atoms with Crippen LogP contribution in [0.25, 0.3) is 22.6 Å². The number of nitrogens with one attached hydrogen (secondary N) is 2. The molecule has 0 saturated carbocycles. The Morgan fingerprint density at radius 3 is 2.86 bits per heavy atom. The van der Waals surface area contributed by atoms with E-state index in [4.69, 9.17) is 0 Å². The molecule has 0 atom stereocenters. The van der Waals surface area contributed by atoms with E-state index in [1.807, 2.05) is 54.7 Å². The molecule has 4 nitrogen and oxygen atoms in total. The molecule has 3 N–H and O–H groups in total. The van der Waals surface area contributed by atoms with Gasteiger partial charge in [-0.1, -0.05) is 24.3 Å². The number of carbonyl (C=O) groups excluding carboxylic acids is 1. The Morgan fingerprint density at radius 1 is 1.14 bits per heavy atom. The fourth-order valence-electron chi connectivity index (χ4n) is 2.84. The number of H-pyrrole nitrogens is 1. The molecule has 1 aliphatic rings. The molecule has 0 spiro atoms. The summed E-state index contributed by atoms with van der Waals surface area (Å²) in [6.45, 7) is 0.000447. The van der Waals surface area contributed by atoms with E-state index in [2.05, 4.69) is 10.3 Å². The van der Waals surface area contributed by atoms with Gasteiger partial charge >= 0.3 is 0 Å². The molecular weight excluding hydrogens is 276 g/mol. The second-order valence-electron chi connectivity index (χ2n) is 5.34. The Hall–Kier alpha value is -2.85. The molecular formula is C18H14N2O2. The number of aliphatic hydroxyl groups is 1. The summed E-state index contributed by atoms with van der Waals surface area (Å²) in [6.07, 6.45) is 3.77. The third-order valence-electron chi connectivity index (χ3n) is 3.97. The molecule has 1 amide bonds. The first-order valence-electron chi connectivity index (χ1n) is 7.09. The van der Waals surface area contributed by atoms with Crippen LogP contribution in [0.1, 0.15) is 16.7 Å². The van der Waals surface area contributed by atoms with Crippen LogP contribution >= 0.6 is 0 Å². The zero-order chi connectivity index (χ0) is 15.1. The minimum absolute atomic E-state index is 0.000447. The first-order chi connectivity index (χ1) is 10.8. The highest BCUT2D eigenvalue weighted by Gasteiger charge is 2.23. The first kappa shape index (κ1) is 12.9. The van der Waals surface area contributed by atoms with Gasteiger partial charge in [0.25, 0.3) is 5.91 Å². The van der Waals surface area contributed by atoms with Gasteiger partial charge in [-0.3, -0.25) is 4.79 Å². The van der Waals surface area contributed by atoms with Crippen molar-refractivity contribution in [2.24, 2.45) is 0 Å². The molecule has 0 fully saturated rings. The number of benzene rings is 2. The molecule has 0 bridgehead atoms. The largest absolute Gasteiger partial charge is 0.392 e. The highest BCUT2D eigenvalue weighted by Crippen LogP contribution is 2.34. The van der Waals surface area contributed by atoms with Gasteiger partial charge in [0.15, 0.2) is 0 Å². The van der Waals surface area contributed by atoms with Crippen LogP contribution in [0.4, 0.5) is 5.69 Å². The lowest BCUT2D eigenvalue weighted by molar-refractivity contribution is -0.110. The Morgan fingerprint density at radius 2 is 2.00 bits per heavy atom. The molecule has 22 heavy (non-hydrogen) atoms. The van der Waals surface area contributed by atoms with Gasteiger partial charge in [-0.25, -0.2) is 0 Å². The molecule has 0 unspecified atom stereocenters. The quantitative estimate of drug-likeness (QED) is 0.635. The number of amides is 1. The van der Waals surface area contributed by atoms with E-state index < -0.39 is 0 Å². The summed E-state index contributed by atoms with van der Waals surface area (Å²) in [4.78, 5) is 15.4. The monoisotopic (exact) mass is 290 g/mol. The zero-order valence-corrected chi connectivity index (χ0v) is 11.8. The maximum Gasteiger partial charge on any atom is 0.256 e. The number of hydrogen-bond acceptors (Lipinski definition) is 2. The molecule has 3 aromatic rings. The van der Waals surface area contributed by atoms with Gasteiger partial charge in [0.05, 0.1) is 6.61 Å². The topological polar surface area (TPSA) is 65.1 Å². The second-order valence-corrected chi connectivity index (χ2v) is 5.34. The molecule has 108 valence electrons. The number of carbonyl (C=O) groups is 1. The van der Waals surface area contributed by atoms with Crippen molar-refractivity contribution in [2.75, 3.05) is 5.32 Å². The molecule has 4 rings (SSSR count). The lowest BCUT2D eigenvalue weighted by Crippen LogP contribution is -2.03. The Balaban J connectivity index is 1.88. The number of aromatic nitrogens is 1. The summed E-state index contributed by atoms with van der Waals surface area (Å²) in [7, 11) is 0.